The molecule has 0 unspecified atom stereocenters. The van der Waals surface area contributed by atoms with Crippen LogP contribution in [0.1, 0.15) is 5.69 Å². The third kappa shape index (κ3) is 1.26. The van der Waals surface area contributed by atoms with Crippen molar-refractivity contribution >= 4 is 16.6 Å². The molecule has 0 spiro atoms. The number of benzene rings is 1. The Morgan fingerprint density at radius 2 is 2.31 bits per heavy atom. The highest BCUT2D eigenvalue weighted by Gasteiger charge is 2.06. The lowest BCUT2D eigenvalue weighted by Gasteiger charge is -1.90. The van der Waals surface area contributed by atoms with Gasteiger partial charge in [-0.15, -0.1) is 0 Å². The summed E-state index contributed by atoms with van der Waals surface area (Å²) in [5, 5.41) is 11.2. The van der Waals surface area contributed by atoms with Gasteiger partial charge in [-0.05, 0) is 13.0 Å². The Kier molecular flexibility index (Phi) is 1.55. The van der Waals surface area contributed by atoms with Crippen molar-refractivity contribution in [3.05, 3.63) is 40.1 Å². The van der Waals surface area contributed by atoms with E-state index in [0.29, 0.717) is 0 Å². The largest absolute Gasteiger partial charge is 0.358 e. The molecule has 13 heavy (non-hydrogen) atoms. The van der Waals surface area contributed by atoms with Crippen LogP contribution in [0.5, 0.6) is 0 Å². The third-order valence-corrected chi connectivity index (χ3v) is 1.86. The average molecular weight is 175 g/mol. The third-order valence-electron chi connectivity index (χ3n) is 1.86. The fraction of sp³-hybridized carbons (Fsp3) is 0.111. The summed E-state index contributed by atoms with van der Waals surface area (Å²) in [6, 6.07) is 7.68. The van der Waals surface area contributed by atoms with Gasteiger partial charge in [0, 0.05) is 34.8 Å². The fourth-order valence-corrected chi connectivity index (χ4v) is 1.29. The lowest BCUT2D eigenvalue weighted by Crippen LogP contribution is -1.86. The zero-order valence-corrected chi connectivity index (χ0v) is 7.00. The Bertz CT molecular complexity index is 473. The van der Waals surface area contributed by atoms with Gasteiger partial charge in [0.25, 0.3) is 5.69 Å². The lowest BCUT2D eigenvalue weighted by molar-refractivity contribution is -0.384. The number of H-pyrrole nitrogens is 1. The van der Waals surface area contributed by atoms with Crippen LogP contribution in [0.4, 0.5) is 5.69 Å². The second kappa shape index (κ2) is 2.58. The van der Waals surface area contributed by atoms with Gasteiger partial charge in [0.05, 0.1) is 4.92 Å². The van der Waals surface area contributed by atoms with E-state index in [4.69, 9.17) is 0 Å². The summed E-state index contributed by atoms with van der Waals surface area (Å²) in [7, 11) is 0. The van der Waals surface area contributed by atoms with Crippen LogP contribution in [0.3, 0.4) is 0 Å². The quantitative estimate of drug-likeness (QED) is 0.533. The van der Waals surface area contributed by atoms with E-state index >= 15 is 0 Å². The second-order valence-corrected chi connectivity index (χ2v) is 2.86. The maximum atomic E-state index is 10.4. The highest BCUT2D eigenvalue weighted by Crippen LogP contribution is 2.20. The van der Waals surface area contributed by atoms with E-state index in [9.17, 15) is 10.1 Å². The molecular formula is C9H7N2O2. The molecule has 0 aliphatic heterocycles. The Morgan fingerprint density at radius 3 is 3.00 bits per heavy atom. The topological polar surface area (TPSA) is 58.9 Å². The monoisotopic (exact) mass is 175 g/mol. The van der Waals surface area contributed by atoms with Crippen LogP contribution in [0.2, 0.25) is 0 Å². The van der Waals surface area contributed by atoms with E-state index in [1.807, 2.05) is 6.92 Å². The minimum absolute atomic E-state index is 0.0998. The highest BCUT2D eigenvalue weighted by atomic mass is 16.6. The van der Waals surface area contributed by atoms with E-state index in [2.05, 4.69) is 11.1 Å². The van der Waals surface area contributed by atoms with Crippen molar-refractivity contribution in [1.29, 1.82) is 0 Å². The van der Waals surface area contributed by atoms with Gasteiger partial charge in [-0.1, -0.05) is 0 Å². The minimum atomic E-state index is -0.407. The molecule has 65 valence electrons. The Hall–Kier alpha value is -1.84. The number of nitro benzene ring substituents is 1. The molecule has 1 heterocycles. The second-order valence-electron chi connectivity index (χ2n) is 2.86. The molecule has 0 saturated carbocycles. The van der Waals surface area contributed by atoms with Crippen molar-refractivity contribution in [2.75, 3.05) is 0 Å². The number of rotatable bonds is 1. The van der Waals surface area contributed by atoms with Crippen LogP contribution >= 0.6 is 0 Å². The number of hydrogen-bond acceptors (Lipinski definition) is 2. The Labute approximate surface area is 74.3 Å². The molecule has 0 bridgehead atoms. The maximum absolute atomic E-state index is 10.4. The number of fused-ring (bicyclic) bond motifs is 1. The number of nitrogens with one attached hydrogen (secondary N) is 1. The number of nitro groups is 1. The van der Waals surface area contributed by atoms with E-state index in [-0.39, 0.29) is 5.69 Å². The van der Waals surface area contributed by atoms with Crippen molar-refractivity contribution in [1.82, 2.24) is 4.98 Å². The zero-order valence-electron chi connectivity index (χ0n) is 7.00. The summed E-state index contributed by atoms with van der Waals surface area (Å²) in [6.07, 6.45) is 0. The number of non-ortho nitro benzene ring substituents is 1. The maximum Gasteiger partial charge on any atom is 0.270 e. The molecule has 0 aliphatic rings. The molecule has 0 fully saturated rings. The first-order valence-electron chi connectivity index (χ1n) is 3.83. The minimum Gasteiger partial charge on any atom is -0.358 e. The normalized spacial score (nSPS) is 10.5. The summed E-state index contributed by atoms with van der Waals surface area (Å²) in [6.45, 7) is 1.87. The van der Waals surface area contributed by atoms with E-state index in [0.717, 1.165) is 16.6 Å². The molecule has 0 aliphatic carbocycles. The van der Waals surface area contributed by atoms with Crippen LogP contribution in [0.25, 0.3) is 10.9 Å². The molecule has 1 radical (unpaired) electrons. The molecule has 0 saturated heterocycles. The van der Waals surface area contributed by atoms with Gasteiger partial charge in [0.15, 0.2) is 0 Å². The molecular weight excluding hydrogens is 168 g/mol. The van der Waals surface area contributed by atoms with Gasteiger partial charge >= 0.3 is 0 Å². The van der Waals surface area contributed by atoms with Crippen LogP contribution in [0.15, 0.2) is 18.2 Å². The molecule has 1 aromatic carbocycles. The van der Waals surface area contributed by atoms with Crippen molar-refractivity contribution in [3.63, 3.8) is 0 Å². The predicted molar refractivity (Wildman–Crippen MR) is 48.5 cm³/mol. The smallest absolute Gasteiger partial charge is 0.270 e. The van der Waals surface area contributed by atoms with Gasteiger partial charge in [-0.2, -0.15) is 0 Å². The first-order chi connectivity index (χ1) is 6.16. The molecule has 1 aromatic heterocycles. The average Bonchev–Trinajstić information content (AvgIpc) is 2.42. The summed E-state index contributed by atoms with van der Waals surface area (Å²) >= 11 is 0. The van der Waals surface area contributed by atoms with Gasteiger partial charge in [0.1, 0.15) is 0 Å². The van der Waals surface area contributed by atoms with Gasteiger partial charge < -0.3 is 4.98 Å². The van der Waals surface area contributed by atoms with Crippen LogP contribution < -0.4 is 0 Å². The van der Waals surface area contributed by atoms with Crippen molar-refractivity contribution < 1.29 is 4.92 Å². The molecule has 4 nitrogen and oxygen atoms in total. The summed E-state index contributed by atoms with van der Waals surface area (Å²) in [5.41, 5.74) is 1.86. The van der Waals surface area contributed by atoms with Gasteiger partial charge in [0.2, 0.25) is 0 Å². The number of aryl methyl sites for hydroxylation is 1. The van der Waals surface area contributed by atoms with Gasteiger partial charge in [-0.25, -0.2) is 0 Å². The fourth-order valence-electron chi connectivity index (χ4n) is 1.29. The van der Waals surface area contributed by atoms with E-state index < -0.39 is 4.92 Å². The SMILES string of the molecule is Cc1[c]c2cc([N+](=O)[O-])ccc2[nH]1. The first-order valence-corrected chi connectivity index (χ1v) is 3.83. The lowest BCUT2D eigenvalue weighted by atomic mass is 10.2. The summed E-state index contributed by atoms with van der Waals surface area (Å²) < 4.78 is 0. The predicted octanol–water partition coefficient (Wildman–Crippen LogP) is 2.18. The van der Waals surface area contributed by atoms with E-state index in [1.54, 1.807) is 6.07 Å². The number of nitrogens with zero attached hydrogens (tertiary/aromatic N) is 1. The molecule has 2 aromatic rings. The Morgan fingerprint density at radius 1 is 1.54 bits per heavy atom. The number of aromatic amines is 1. The molecule has 0 atom stereocenters. The molecule has 4 heteroatoms. The number of aromatic nitrogens is 1. The summed E-state index contributed by atoms with van der Waals surface area (Å²) in [4.78, 5) is 13.1. The first kappa shape index (κ1) is 7.79. The molecule has 0 amide bonds. The Balaban J connectivity index is 2.67. The highest BCUT2D eigenvalue weighted by molar-refractivity contribution is 5.81. The van der Waals surface area contributed by atoms with Crippen LogP contribution in [-0.4, -0.2) is 9.91 Å². The molecule has 2 rings (SSSR count). The van der Waals surface area contributed by atoms with Crippen molar-refractivity contribution in [2.24, 2.45) is 0 Å². The number of hydrogen-bond donors (Lipinski definition) is 1. The zero-order chi connectivity index (χ0) is 9.42. The summed E-state index contributed by atoms with van der Waals surface area (Å²) in [5.74, 6) is 0. The standard InChI is InChI=1S/C9H7N2O2/c1-6-4-7-5-8(11(12)13)2-3-9(7)10-6/h2-3,5,10H,1H3. The van der Waals surface area contributed by atoms with Crippen LogP contribution in [-0.2, 0) is 0 Å². The van der Waals surface area contributed by atoms with Gasteiger partial charge in [-0.3, -0.25) is 10.1 Å². The van der Waals surface area contributed by atoms with Crippen molar-refractivity contribution in [2.45, 2.75) is 6.92 Å². The van der Waals surface area contributed by atoms with Crippen LogP contribution in [0, 0.1) is 23.1 Å². The van der Waals surface area contributed by atoms with E-state index in [1.165, 1.54) is 12.1 Å². The van der Waals surface area contributed by atoms with Crippen molar-refractivity contribution in [3.8, 4) is 0 Å². The molecule has 1 N–H and O–H groups in total.